The maximum absolute atomic E-state index is 8.82. The van der Waals surface area contributed by atoms with Crippen LogP contribution < -0.4 is 17.2 Å². The van der Waals surface area contributed by atoms with Gasteiger partial charge in [0.2, 0.25) is 0 Å². The Labute approximate surface area is 154 Å². The number of aliphatic hydroxyl groups excluding tert-OH is 3. The van der Waals surface area contributed by atoms with Crippen molar-refractivity contribution in [1.82, 2.24) is 0 Å². The largest absolute Gasteiger partial charge is 0.513 e. The van der Waals surface area contributed by atoms with E-state index >= 15 is 0 Å². The van der Waals surface area contributed by atoms with Crippen molar-refractivity contribution in [1.29, 1.82) is 0 Å². The number of hydrogen-bond donors (Lipinski definition) is 6. The highest BCUT2D eigenvalue weighted by molar-refractivity contribution is 5.25. The van der Waals surface area contributed by atoms with E-state index in [-0.39, 0.29) is 18.5 Å². The summed E-state index contributed by atoms with van der Waals surface area (Å²) in [5, 5.41) is 25.2. The molecule has 0 fully saturated rings. The molecule has 0 aromatic carbocycles. The van der Waals surface area contributed by atoms with Crippen molar-refractivity contribution < 1.29 is 15.3 Å². The Bertz CT molecular complexity index is 379. The summed E-state index contributed by atoms with van der Waals surface area (Å²) in [5.41, 5.74) is 18.4. The number of hydrogen-bond acceptors (Lipinski definition) is 6. The van der Waals surface area contributed by atoms with Gasteiger partial charge in [0.05, 0.1) is 17.6 Å². The van der Waals surface area contributed by atoms with E-state index in [2.05, 4.69) is 19.7 Å². The molecule has 0 saturated carbocycles. The third-order valence-corrected chi connectivity index (χ3v) is 2.27. The van der Waals surface area contributed by atoms with Crippen LogP contribution in [0.5, 0.6) is 0 Å². The summed E-state index contributed by atoms with van der Waals surface area (Å²) in [4.78, 5) is 0. The normalized spacial score (nSPS) is 12.3. The van der Waals surface area contributed by atoms with Crippen LogP contribution in [0, 0.1) is 5.92 Å². The van der Waals surface area contributed by atoms with Gasteiger partial charge in [0.15, 0.2) is 0 Å². The summed E-state index contributed by atoms with van der Waals surface area (Å²) in [6.07, 6.45) is 1.48. The monoisotopic (exact) mass is 359 g/mol. The zero-order chi connectivity index (χ0) is 21.2. The molecule has 0 aromatic rings. The lowest BCUT2D eigenvalue weighted by Crippen LogP contribution is -2.06. The second kappa shape index (κ2) is 20.1. The minimum Gasteiger partial charge on any atom is -0.513 e. The molecule has 25 heavy (non-hydrogen) atoms. The van der Waals surface area contributed by atoms with Crippen molar-refractivity contribution in [3.05, 3.63) is 48.2 Å². The zero-order valence-corrected chi connectivity index (χ0v) is 17.0. The van der Waals surface area contributed by atoms with Crippen LogP contribution in [0.2, 0.25) is 0 Å². The molecule has 2 atom stereocenters. The predicted molar refractivity (Wildman–Crippen MR) is 109 cm³/mol. The Hall–Kier alpha value is -1.92. The molecular weight excluding hydrogens is 318 g/mol. The SMILES string of the molecule is C=C(C)/C(N)=C(/C)N.C=C(C)N.C=C(C)O.C[C@H](CO)CC[C@H](C)O. The average molecular weight is 360 g/mol. The molecule has 0 aliphatic carbocycles. The van der Waals surface area contributed by atoms with Crippen LogP contribution in [-0.4, -0.2) is 28.0 Å². The third kappa shape index (κ3) is 52.0. The van der Waals surface area contributed by atoms with E-state index < -0.39 is 0 Å². The van der Waals surface area contributed by atoms with Gasteiger partial charge in [-0.25, -0.2) is 0 Å². The van der Waals surface area contributed by atoms with Gasteiger partial charge in [0.1, 0.15) is 0 Å². The smallest absolute Gasteiger partial charge is 0.0820 e. The lowest BCUT2D eigenvalue weighted by atomic mass is 10.0. The predicted octanol–water partition coefficient (Wildman–Crippen LogP) is 3.04. The van der Waals surface area contributed by atoms with E-state index in [1.165, 1.54) is 6.92 Å². The Balaban J connectivity index is -0.000000126. The summed E-state index contributed by atoms with van der Waals surface area (Å²) >= 11 is 0. The summed E-state index contributed by atoms with van der Waals surface area (Å²) < 4.78 is 0. The first kappa shape index (κ1) is 30.9. The van der Waals surface area contributed by atoms with Crippen LogP contribution in [0.25, 0.3) is 0 Å². The molecule has 0 amide bonds. The van der Waals surface area contributed by atoms with Crippen LogP contribution in [0.15, 0.2) is 48.2 Å². The fraction of sp³-hybridized carbons (Fsp3) is 0.579. The highest BCUT2D eigenvalue weighted by Crippen LogP contribution is 2.05. The molecule has 0 aliphatic heterocycles. The van der Waals surface area contributed by atoms with Crippen molar-refractivity contribution in [3.8, 4) is 0 Å². The summed E-state index contributed by atoms with van der Waals surface area (Å²) in [6.45, 7) is 20.9. The van der Waals surface area contributed by atoms with E-state index in [9.17, 15) is 0 Å². The van der Waals surface area contributed by atoms with Gasteiger partial charge in [0, 0.05) is 12.3 Å². The molecule has 0 rings (SSSR count). The molecule has 0 saturated heterocycles. The summed E-state index contributed by atoms with van der Waals surface area (Å²) in [6, 6.07) is 0. The van der Waals surface area contributed by atoms with Crippen molar-refractivity contribution in [3.63, 3.8) is 0 Å². The second-order valence-electron chi connectivity index (χ2n) is 6.17. The minimum absolute atomic E-state index is 0.167. The van der Waals surface area contributed by atoms with Crippen LogP contribution in [0.4, 0.5) is 0 Å². The molecule has 0 aromatic heterocycles. The topological polar surface area (TPSA) is 139 Å². The Kier molecular flexibility index (Phi) is 24.9. The van der Waals surface area contributed by atoms with Crippen molar-refractivity contribution >= 4 is 0 Å². The molecule has 0 unspecified atom stereocenters. The molecule has 0 aliphatic rings. The molecule has 150 valence electrons. The number of aliphatic hydroxyl groups is 3. The number of rotatable bonds is 5. The summed E-state index contributed by atoms with van der Waals surface area (Å²) in [7, 11) is 0. The molecule has 9 N–H and O–H groups in total. The fourth-order valence-corrected chi connectivity index (χ4v) is 0.954. The first-order valence-corrected chi connectivity index (χ1v) is 8.10. The molecule has 0 heterocycles. The lowest BCUT2D eigenvalue weighted by molar-refractivity contribution is 0.160. The van der Waals surface area contributed by atoms with Gasteiger partial charge in [0.25, 0.3) is 0 Å². The van der Waals surface area contributed by atoms with Crippen molar-refractivity contribution in [2.24, 2.45) is 23.1 Å². The summed E-state index contributed by atoms with van der Waals surface area (Å²) in [5.74, 6) is 0.500. The van der Waals surface area contributed by atoms with Crippen LogP contribution in [-0.2, 0) is 0 Å². The van der Waals surface area contributed by atoms with E-state index in [1.54, 1.807) is 20.8 Å². The first-order valence-electron chi connectivity index (χ1n) is 8.10. The Morgan fingerprint density at radius 1 is 0.920 bits per heavy atom. The van der Waals surface area contributed by atoms with Gasteiger partial charge in [-0.2, -0.15) is 0 Å². The number of allylic oxidation sites excluding steroid dienone is 4. The molecule has 0 bridgehead atoms. The van der Waals surface area contributed by atoms with Crippen molar-refractivity contribution in [2.75, 3.05) is 6.61 Å². The van der Waals surface area contributed by atoms with Crippen molar-refractivity contribution in [2.45, 2.75) is 60.5 Å². The van der Waals surface area contributed by atoms with Crippen LogP contribution in [0.3, 0.4) is 0 Å². The fourth-order valence-electron chi connectivity index (χ4n) is 0.954. The Morgan fingerprint density at radius 2 is 1.24 bits per heavy atom. The van der Waals surface area contributed by atoms with E-state index in [1.807, 2.05) is 13.8 Å². The molecular formula is C19H41N3O3. The molecule has 6 nitrogen and oxygen atoms in total. The van der Waals surface area contributed by atoms with Gasteiger partial charge in [-0.3, -0.25) is 0 Å². The van der Waals surface area contributed by atoms with E-state index in [4.69, 9.17) is 32.5 Å². The van der Waals surface area contributed by atoms with Crippen LogP contribution in [0.1, 0.15) is 54.4 Å². The standard InChI is InChI=1S/C7H16O2.C6H12N2.C3H7N.C3H6O/c1-6(5-8)3-4-7(2)9;1-4(2)6(8)5(3)7;2*1-3(2)4/h6-9H,3-5H2,1-2H3;1,7-8H2,2-3H3;1,4H2,2H3;4H,1H2,2H3/b;6-5+;;/t6-,7-;;;/m0.../s1. The maximum atomic E-state index is 8.82. The van der Waals surface area contributed by atoms with Gasteiger partial charge in [-0.05, 0) is 64.6 Å². The van der Waals surface area contributed by atoms with Gasteiger partial charge in [-0.15, -0.1) is 0 Å². The van der Waals surface area contributed by atoms with Crippen LogP contribution >= 0.6 is 0 Å². The Morgan fingerprint density at radius 3 is 1.36 bits per heavy atom. The third-order valence-electron chi connectivity index (χ3n) is 2.27. The quantitative estimate of drug-likeness (QED) is 0.329. The molecule has 6 heteroatoms. The average Bonchev–Trinajstić information content (AvgIpc) is 2.42. The highest BCUT2D eigenvalue weighted by Gasteiger charge is 2.01. The van der Waals surface area contributed by atoms with E-state index in [0.717, 1.165) is 18.4 Å². The minimum atomic E-state index is -0.223. The second-order valence-corrected chi connectivity index (χ2v) is 6.17. The first-order chi connectivity index (χ1) is 11.2. The molecule has 0 radical (unpaired) electrons. The van der Waals surface area contributed by atoms with E-state index in [0.29, 0.717) is 23.0 Å². The van der Waals surface area contributed by atoms with Gasteiger partial charge >= 0.3 is 0 Å². The maximum Gasteiger partial charge on any atom is 0.0820 e. The zero-order valence-electron chi connectivity index (χ0n) is 17.0. The van der Waals surface area contributed by atoms with Gasteiger partial charge < -0.3 is 32.5 Å². The number of nitrogens with two attached hydrogens (primary N) is 3. The lowest BCUT2D eigenvalue weighted by Gasteiger charge is -2.07. The molecule has 0 spiro atoms. The van der Waals surface area contributed by atoms with Gasteiger partial charge in [-0.1, -0.05) is 26.7 Å². The highest BCUT2D eigenvalue weighted by atomic mass is 16.3.